The predicted octanol–water partition coefficient (Wildman–Crippen LogP) is 3.34. The van der Waals surface area contributed by atoms with Crippen molar-refractivity contribution in [3.8, 4) is 0 Å². The van der Waals surface area contributed by atoms with Crippen LogP contribution in [0.2, 0.25) is 0 Å². The van der Waals surface area contributed by atoms with E-state index >= 15 is 0 Å². The molecule has 2 aromatic heterocycles. The fraction of sp³-hybridized carbons (Fsp3) is 0.467. The lowest BCUT2D eigenvalue weighted by atomic mass is 9.93. The molecule has 19 heavy (non-hydrogen) atoms. The van der Waals surface area contributed by atoms with Gasteiger partial charge in [0, 0.05) is 35.7 Å². The zero-order chi connectivity index (χ0) is 13.9. The van der Waals surface area contributed by atoms with E-state index in [0.717, 1.165) is 6.42 Å². The zero-order valence-corrected chi connectivity index (χ0v) is 12.8. The lowest BCUT2D eigenvalue weighted by molar-refractivity contribution is 0.560. The molecule has 0 aliphatic carbocycles. The van der Waals surface area contributed by atoms with Crippen molar-refractivity contribution in [2.45, 2.75) is 38.6 Å². The molecule has 2 heterocycles. The van der Waals surface area contributed by atoms with Crippen LogP contribution in [0.1, 0.15) is 43.1 Å². The monoisotopic (exact) mass is 275 g/mol. The quantitative estimate of drug-likeness (QED) is 0.930. The fourth-order valence-electron chi connectivity index (χ4n) is 1.91. The number of nitrogens with one attached hydrogen (secondary N) is 1. The van der Waals surface area contributed by atoms with Crippen LogP contribution < -0.4 is 5.32 Å². The SMILES string of the molecule is CNC(Cc1nc(C(C)(C)C)cs1)c1ccncc1. The number of rotatable bonds is 4. The van der Waals surface area contributed by atoms with Gasteiger partial charge in [0.2, 0.25) is 0 Å². The smallest absolute Gasteiger partial charge is 0.0947 e. The molecule has 102 valence electrons. The van der Waals surface area contributed by atoms with E-state index in [4.69, 9.17) is 4.98 Å². The molecular formula is C15H21N3S. The molecule has 0 saturated carbocycles. The lowest BCUT2D eigenvalue weighted by Crippen LogP contribution is -2.19. The minimum atomic E-state index is 0.126. The summed E-state index contributed by atoms with van der Waals surface area (Å²) in [6.45, 7) is 6.60. The van der Waals surface area contributed by atoms with Gasteiger partial charge in [0.05, 0.1) is 10.7 Å². The second-order valence-electron chi connectivity index (χ2n) is 5.70. The van der Waals surface area contributed by atoms with E-state index in [0.29, 0.717) is 6.04 Å². The number of pyridine rings is 1. The van der Waals surface area contributed by atoms with Crippen LogP contribution in [0.4, 0.5) is 0 Å². The summed E-state index contributed by atoms with van der Waals surface area (Å²) >= 11 is 1.75. The first-order valence-electron chi connectivity index (χ1n) is 6.53. The first kappa shape index (κ1) is 14.2. The molecule has 0 bridgehead atoms. The Balaban J connectivity index is 2.13. The van der Waals surface area contributed by atoms with Crippen molar-refractivity contribution in [3.05, 3.63) is 46.2 Å². The maximum atomic E-state index is 4.76. The number of hydrogen-bond acceptors (Lipinski definition) is 4. The van der Waals surface area contributed by atoms with Crippen LogP contribution in [0.5, 0.6) is 0 Å². The van der Waals surface area contributed by atoms with E-state index in [9.17, 15) is 0 Å². The number of aromatic nitrogens is 2. The summed E-state index contributed by atoms with van der Waals surface area (Å²) in [5, 5.41) is 6.71. The summed E-state index contributed by atoms with van der Waals surface area (Å²) < 4.78 is 0. The van der Waals surface area contributed by atoms with Gasteiger partial charge in [-0.3, -0.25) is 4.98 Å². The summed E-state index contributed by atoms with van der Waals surface area (Å²) in [6, 6.07) is 4.40. The van der Waals surface area contributed by atoms with Gasteiger partial charge in [-0.25, -0.2) is 4.98 Å². The third-order valence-corrected chi connectivity index (χ3v) is 4.03. The van der Waals surface area contributed by atoms with Gasteiger partial charge in [-0.1, -0.05) is 20.8 Å². The molecule has 4 heteroatoms. The molecule has 3 nitrogen and oxygen atoms in total. The molecule has 2 rings (SSSR count). The van der Waals surface area contributed by atoms with Gasteiger partial charge in [-0.05, 0) is 24.7 Å². The molecule has 0 amide bonds. The third-order valence-electron chi connectivity index (χ3n) is 3.16. The number of thiazole rings is 1. The molecule has 1 N–H and O–H groups in total. The van der Waals surface area contributed by atoms with Crippen molar-refractivity contribution in [2.75, 3.05) is 7.05 Å². The summed E-state index contributed by atoms with van der Waals surface area (Å²) in [6.07, 6.45) is 4.59. The average molecular weight is 275 g/mol. The highest BCUT2D eigenvalue weighted by atomic mass is 32.1. The highest BCUT2D eigenvalue weighted by molar-refractivity contribution is 7.09. The van der Waals surface area contributed by atoms with Gasteiger partial charge in [0.15, 0.2) is 0 Å². The maximum Gasteiger partial charge on any atom is 0.0947 e. The van der Waals surface area contributed by atoms with Crippen LogP contribution >= 0.6 is 11.3 Å². The molecule has 0 aliphatic rings. The Morgan fingerprint density at radius 3 is 2.47 bits per heavy atom. The summed E-state index contributed by atoms with van der Waals surface area (Å²) in [5.74, 6) is 0. The second kappa shape index (κ2) is 5.80. The van der Waals surface area contributed by atoms with Crippen LogP contribution in [-0.4, -0.2) is 17.0 Å². The fourth-order valence-corrected chi connectivity index (χ4v) is 2.97. The van der Waals surface area contributed by atoms with E-state index in [1.165, 1.54) is 16.3 Å². The van der Waals surface area contributed by atoms with Crippen molar-refractivity contribution in [3.63, 3.8) is 0 Å². The Morgan fingerprint density at radius 2 is 1.95 bits per heavy atom. The van der Waals surface area contributed by atoms with Crippen LogP contribution in [0, 0.1) is 0 Å². The Morgan fingerprint density at radius 1 is 1.26 bits per heavy atom. The van der Waals surface area contributed by atoms with Crippen molar-refractivity contribution in [1.82, 2.24) is 15.3 Å². The minimum Gasteiger partial charge on any atom is -0.313 e. The maximum absolute atomic E-state index is 4.76. The van der Waals surface area contributed by atoms with E-state index in [1.807, 2.05) is 19.4 Å². The summed E-state index contributed by atoms with van der Waals surface area (Å²) in [7, 11) is 1.99. The molecule has 0 fully saturated rings. The topological polar surface area (TPSA) is 37.8 Å². The molecule has 0 radical (unpaired) electrons. The molecule has 0 aliphatic heterocycles. The molecule has 0 aromatic carbocycles. The predicted molar refractivity (Wildman–Crippen MR) is 80.6 cm³/mol. The first-order chi connectivity index (χ1) is 9.00. The Hall–Kier alpha value is -1.26. The summed E-state index contributed by atoms with van der Waals surface area (Å²) in [5.41, 5.74) is 2.56. The highest BCUT2D eigenvalue weighted by Crippen LogP contribution is 2.26. The van der Waals surface area contributed by atoms with E-state index < -0.39 is 0 Å². The Bertz CT molecular complexity index is 514. The molecule has 2 aromatic rings. The molecule has 0 spiro atoms. The Labute approximate surface area is 119 Å². The molecule has 1 atom stereocenters. The van der Waals surface area contributed by atoms with Gasteiger partial charge >= 0.3 is 0 Å². The third kappa shape index (κ3) is 3.61. The van der Waals surface area contributed by atoms with E-state index in [1.54, 1.807) is 11.3 Å². The first-order valence-corrected chi connectivity index (χ1v) is 7.40. The van der Waals surface area contributed by atoms with Gasteiger partial charge in [-0.2, -0.15) is 0 Å². The van der Waals surface area contributed by atoms with E-state index in [-0.39, 0.29) is 5.41 Å². The second-order valence-corrected chi connectivity index (χ2v) is 6.65. The number of likely N-dealkylation sites (N-methyl/N-ethyl adjacent to an activating group) is 1. The lowest BCUT2D eigenvalue weighted by Gasteiger charge is -2.16. The number of hydrogen-bond donors (Lipinski definition) is 1. The van der Waals surface area contributed by atoms with Crippen molar-refractivity contribution in [2.24, 2.45) is 0 Å². The highest BCUT2D eigenvalue weighted by Gasteiger charge is 2.19. The van der Waals surface area contributed by atoms with Gasteiger partial charge in [-0.15, -0.1) is 11.3 Å². The largest absolute Gasteiger partial charge is 0.313 e. The normalized spacial score (nSPS) is 13.5. The van der Waals surface area contributed by atoms with Crippen LogP contribution in [-0.2, 0) is 11.8 Å². The standard InChI is InChI=1S/C15H21N3S/c1-15(2,3)13-10-19-14(18-13)9-12(16-4)11-5-7-17-8-6-11/h5-8,10,12,16H,9H2,1-4H3. The van der Waals surface area contributed by atoms with Gasteiger partial charge < -0.3 is 5.32 Å². The van der Waals surface area contributed by atoms with Gasteiger partial charge in [0.1, 0.15) is 0 Å². The number of nitrogens with zero attached hydrogens (tertiary/aromatic N) is 2. The van der Waals surface area contributed by atoms with Crippen molar-refractivity contribution >= 4 is 11.3 Å². The molecule has 1 unspecified atom stereocenters. The van der Waals surface area contributed by atoms with Crippen molar-refractivity contribution in [1.29, 1.82) is 0 Å². The molecule has 0 saturated heterocycles. The van der Waals surface area contributed by atoms with Crippen molar-refractivity contribution < 1.29 is 0 Å². The van der Waals surface area contributed by atoms with Crippen LogP contribution in [0.25, 0.3) is 0 Å². The van der Waals surface area contributed by atoms with E-state index in [2.05, 4.69) is 48.6 Å². The molecular weight excluding hydrogens is 254 g/mol. The van der Waals surface area contributed by atoms with Crippen LogP contribution in [0.15, 0.2) is 29.9 Å². The average Bonchev–Trinajstić information content (AvgIpc) is 2.85. The van der Waals surface area contributed by atoms with Gasteiger partial charge in [0.25, 0.3) is 0 Å². The zero-order valence-electron chi connectivity index (χ0n) is 12.0. The Kier molecular flexibility index (Phi) is 4.32. The minimum absolute atomic E-state index is 0.126. The van der Waals surface area contributed by atoms with Crippen LogP contribution in [0.3, 0.4) is 0 Å². The summed E-state index contributed by atoms with van der Waals surface area (Å²) in [4.78, 5) is 8.82.